The van der Waals surface area contributed by atoms with Crippen molar-refractivity contribution in [3.63, 3.8) is 0 Å². The first-order valence-corrected chi connectivity index (χ1v) is 7.09. The van der Waals surface area contributed by atoms with Gasteiger partial charge in [0.15, 0.2) is 0 Å². The lowest BCUT2D eigenvalue weighted by atomic mass is 9.84. The quantitative estimate of drug-likeness (QED) is 0.889. The van der Waals surface area contributed by atoms with Crippen LogP contribution in [0.1, 0.15) is 44.6 Å². The van der Waals surface area contributed by atoms with Gasteiger partial charge in [-0.15, -0.1) is 0 Å². The van der Waals surface area contributed by atoms with Crippen LogP contribution < -0.4 is 10.1 Å². The maximum Gasteiger partial charge on any atom is 0.143 e. The second-order valence-corrected chi connectivity index (χ2v) is 5.36. The minimum absolute atomic E-state index is 0.446. The van der Waals surface area contributed by atoms with Gasteiger partial charge < -0.3 is 10.1 Å². The number of nitrogens with one attached hydrogen (secondary N) is 1. The molecule has 0 spiro atoms. The monoisotopic (exact) mass is 258 g/mol. The number of hydrogen-bond acceptors (Lipinski definition) is 3. The molecule has 3 nitrogen and oxygen atoms in total. The number of anilines is 1. The second kappa shape index (κ2) is 6.47. The molecule has 1 fully saturated rings. The summed E-state index contributed by atoms with van der Waals surface area (Å²) in [5.74, 6) is 1.50. The number of ether oxygens (including phenoxy) is 1. The largest absolute Gasteiger partial charge is 0.495 e. The van der Waals surface area contributed by atoms with E-state index in [-0.39, 0.29) is 0 Å². The molecule has 0 radical (unpaired) electrons. The van der Waals surface area contributed by atoms with E-state index in [1.165, 1.54) is 32.1 Å². The van der Waals surface area contributed by atoms with Gasteiger partial charge in [-0.1, -0.05) is 19.3 Å². The van der Waals surface area contributed by atoms with E-state index >= 15 is 0 Å². The van der Waals surface area contributed by atoms with Crippen LogP contribution in [-0.2, 0) is 0 Å². The summed E-state index contributed by atoms with van der Waals surface area (Å²) >= 11 is 0. The predicted octanol–water partition coefficient (Wildman–Crippen LogP) is 3.95. The third-order valence-electron chi connectivity index (χ3n) is 4.07. The Balaban J connectivity index is 2.07. The molecule has 0 bridgehead atoms. The third-order valence-corrected chi connectivity index (χ3v) is 4.07. The smallest absolute Gasteiger partial charge is 0.143 e. The lowest BCUT2D eigenvalue weighted by Gasteiger charge is -2.29. The summed E-state index contributed by atoms with van der Waals surface area (Å²) in [5, 5.41) is 12.5. The van der Waals surface area contributed by atoms with Crippen molar-refractivity contribution in [1.82, 2.24) is 0 Å². The van der Waals surface area contributed by atoms with Gasteiger partial charge in [0.2, 0.25) is 0 Å². The van der Waals surface area contributed by atoms with Gasteiger partial charge in [-0.3, -0.25) is 0 Å². The summed E-state index contributed by atoms with van der Waals surface area (Å²) in [6, 6.07) is 8.14. The highest BCUT2D eigenvalue weighted by Gasteiger charge is 2.20. The highest BCUT2D eigenvalue weighted by molar-refractivity contribution is 5.59. The van der Waals surface area contributed by atoms with Crippen LogP contribution in [0.3, 0.4) is 0 Å². The molecule has 3 heteroatoms. The van der Waals surface area contributed by atoms with Crippen molar-refractivity contribution in [2.24, 2.45) is 5.92 Å². The van der Waals surface area contributed by atoms with Crippen LogP contribution in [-0.4, -0.2) is 13.2 Å². The van der Waals surface area contributed by atoms with Gasteiger partial charge in [-0.2, -0.15) is 5.26 Å². The van der Waals surface area contributed by atoms with Crippen LogP contribution in [0.5, 0.6) is 5.75 Å². The van der Waals surface area contributed by atoms with E-state index in [1.54, 1.807) is 13.2 Å². The van der Waals surface area contributed by atoms with Crippen molar-refractivity contribution in [3.8, 4) is 11.8 Å². The van der Waals surface area contributed by atoms with Gasteiger partial charge >= 0.3 is 0 Å². The van der Waals surface area contributed by atoms with Gasteiger partial charge in [0.1, 0.15) is 5.75 Å². The number of hydrogen-bond donors (Lipinski definition) is 1. The Labute approximate surface area is 115 Å². The van der Waals surface area contributed by atoms with Crippen molar-refractivity contribution in [2.75, 3.05) is 12.4 Å². The standard InChI is InChI=1S/C16H22N2O/c1-12(14-6-4-3-5-7-14)18-15-9-8-13(11-17)10-16(15)19-2/h8-10,12,14,18H,3-7H2,1-2H3. The Morgan fingerprint density at radius 1 is 1.32 bits per heavy atom. The normalized spacial score (nSPS) is 17.5. The van der Waals surface area contributed by atoms with Crippen molar-refractivity contribution in [2.45, 2.75) is 45.1 Å². The van der Waals surface area contributed by atoms with Gasteiger partial charge in [-0.25, -0.2) is 0 Å². The van der Waals surface area contributed by atoms with Crippen molar-refractivity contribution < 1.29 is 4.74 Å². The average molecular weight is 258 g/mol. The first-order chi connectivity index (χ1) is 9.24. The van der Waals surface area contributed by atoms with Crippen molar-refractivity contribution in [3.05, 3.63) is 23.8 Å². The molecule has 1 saturated carbocycles. The molecule has 1 aliphatic carbocycles. The second-order valence-electron chi connectivity index (χ2n) is 5.36. The molecule has 2 rings (SSSR count). The maximum absolute atomic E-state index is 8.91. The van der Waals surface area contributed by atoms with E-state index in [0.717, 1.165) is 17.4 Å². The first kappa shape index (κ1) is 13.7. The summed E-state index contributed by atoms with van der Waals surface area (Å²) in [6.07, 6.45) is 6.70. The summed E-state index contributed by atoms with van der Waals surface area (Å²) in [7, 11) is 1.65. The third kappa shape index (κ3) is 3.41. The Kier molecular flexibility index (Phi) is 4.68. The molecule has 0 aliphatic heterocycles. The lowest BCUT2D eigenvalue weighted by molar-refractivity contribution is 0.327. The molecule has 1 aromatic carbocycles. The fraction of sp³-hybridized carbons (Fsp3) is 0.562. The Morgan fingerprint density at radius 2 is 2.05 bits per heavy atom. The van der Waals surface area contributed by atoms with Gasteiger partial charge in [0.05, 0.1) is 24.4 Å². The molecular formula is C16H22N2O. The molecule has 102 valence electrons. The number of methoxy groups -OCH3 is 1. The number of benzene rings is 1. The van der Waals surface area contributed by atoms with Gasteiger partial charge in [0, 0.05) is 12.1 Å². The van der Waals surface area contributed by atoms with E-state index in [9.17, 15) is 0 Å². The minimum Gasteiger partial charge on any atom is -0.495 e. The van der Waals surface area contributed by atoms with E-state index < -0.39 is 0 Å². The Bertz CT molecular complexity index is 458. The minimum atomic E-state index is 0.446. The van der Waals surface area contributed by atoms with Gasteiger partial charge in [0.25, 0.3) is 0 Å². The van der Waals surface area contributed by atoms with Crippen molar-refractivity contribution in [1.29, 1.82) is 5.26 Å². The summed E-state index contributed by atoms with van der Waals surface area (Å²) < 4.78 is 5.36. The predicted molar refractivity (Wildman–Crippen MR) is 77.4 cm³/mol. The summed E-state index contributed by atoms with van der Waals surface area (Å²) in [4.78, 5) is 0. The van der Waals surface area contributed by atoms with Gasteiger partial charge in [-0.05, 0) is 37.8 Å². The van der Waals surface area contributed by atoms with Crippen LogP contribution >= 0.6 is 0 Å². The Morgan fingerprint density at radius 3 is 2.68 bits per heavy atom. The molecular weight excluding hydrogens is 236 g/mol. The van der Waals surface area contributed by atoms with Crippen LogP contribution in [0.2, 0.25) is 0 Å². The highest BCUT2D eigenvalue weighted by Crippen LogP contribution is 2.31. The number of rotatable bonds is 4. The summed E-state index contributed by atoms with van der Waals surface area (Å²) in [6.45, 7) is 2.24. The molecule has 1 unspecified atom stereocenters. The van der Waals surface area contributed by atoms with E-state index in [1.807, 2.05) is 12.1 Å². The van der Waals surface area contributed by atoms with E-state index in [0.29, 0.717) is 11.6 Å². The lowest BCUT2D eigenvalue weighted by Crippen LogP contribution is -2.27. The highest BCUT2D eigenvalue weighted by atomic mass is 16.5. The van der Waals surface area contributed by atoms with Crippen molar-refractivity contribution >= 4 is 5.69 Å². The van der Waals surface area contributed by atoms with Crippen LogP contribution in [0.25, 0.3) is 0 Å². The Hall–Kier alpha value is -1.69. The molecule has 1 aromatic rings. The molecule has 1 N–H and O–H groups in total. The molecule has 0 aromatic heterocycles. The molecule has 0 saturated heterocycles. The molecule has 0 heterocycles. The SMILES string of the molecule is COc1cc(C#N)ccc1NC(C)C1CCCCC1. The van der Waals surface area contributed by atoms with Crippen LogP contribution in [0, 0.1) is 17.2 Å². The zero-order valence-corrected chi connectivity index (χ0v) is 11.8. The number of nitriles is 1. The first-order valence-electron chi connectivity index (χ1n) is 7.09. The fourth-order valence-corrected chi connectivity index (χ4v) is 2.88. The molecule has 1 atom stereocenters. The number of nitrogens with zero attached hydrogens (tertiary/aromatic N) is 1. The fourth-order valence-electron chi connectivity index (χ4n) is 2.88. The summed E-state index contributed by atoms with van der Waals surface area (Å²) in [5.41, 5.74) is 1.62. The van der Waals surface area contributed by atoms with E-state index in [4.69, 9.17) is 10.00 Å². The van der Waals surface area contributed by atoms with Crippen LogP contribution in [0.15, 0.2) is 18.2 Å². The zero-order valence-electron chi connectivity index (χ0n) is 11.8. The topological polar surface area (TPSA) is 45.0 Å². The van der Waals surface area contributed by atoms with Crippen LogP contribution in [0.4, 0.5) is 5.69 Å². The molecule has 0 amide bonds. The average Bonchev–Trinajstić information content (AvgIpc) is 2.48. The zero-order chi connectivity index (χ0) is 13.7. The maximum atomic E-state index is 8.91. The molecule has 1 aliphatic rings. The van der Waals surface area contributed by atoms with E-state index in [2.05, 4.69) is 18.3 Å². The molecule has 19 heavy (non-hydrogen) atoms.